The van der Waals surface area contributed by atoms with Gasteiger partial charge in [0.1, 0.15) is 11.9 Å². The Hall–Kier alpha value is -1.48. The van der Waals surface area contributed by atoms with Crippen molar-refractivity contribution in [2.24, 2.45) is 5.92 Å². The Morgan fingerprint density at radius 2 is 2.27 bits per heavy atom. The molecule has 1 aromatic carbocycles. The standard InChI is InChI=1S/C17H21FN2O2/c18-15-8-12(4-5-13(15)9-19)10-20-6-7-22-11-16(20)14-2-1-3-17(14)21/h4-5,8,14,16-17,21H,1-3,6-7,10-11H2/t14-,16+,17+/m0/s1. The van der Waals surface area contributed by atoms with Crippen LogP contribution in [0.5, 0.6) is 0 Å². The van der Waals surface area contributed by atoms with Crippen LogP contribution in [0.25, 0.3) is 0 Å². The van der Waals surface area contributed by atoms with Crippen molar-refractivity contribution in [3.63, 3.8) is 0 Å². The monoisotopic (exact) mass is 304 g/mol. The van der Waals surface area contributed by atoms with Crippen LogP contribution in [-0.2, 0) is 11.3 Å². The minimum atomic E-state index is -0.467. The van der Waals surface area contributed by atoms with Crippen LogP contribution < -0.4 is 0 Å². The maximum atomic E-state index is 13.8. The lowest BCUT2D eigenvalue weighted by atomic mass is 9.94. The number of benzene rings is 1. The van der Waals surface area contributed by atoms with Gasteiger partial charge < -0.3 is 9.84 Å². The summed E-state index contributed by atoms with van der Waals surface area (Å²) in [6, 6.07) is 6.81. The summed E-state index contributed by atoms with van der Waals surface area (Å²) in [5, 5.41) is 19.0. The van der Waals surface area contributed by atoms with Gasteiger partial charge in [0.25, 0.3) is 0 Å². The Labute approximate surface area is 130 Å². The SMILES string of the molecule is N#Cc1ccc(CN2CCOC[C@@H]2[C@@H]2CCC[C@H]2O)cc1F. The summed E-state index contributed by atoms with van der Waals surface area (Å²) in [5.41, 5.74) is 0.935. The number of hydrogen-bond acceptors (Lipinski definition) is 4. The summed E-state index contributed by atoms with van der Waals surface area (Å²) < 4.78 is 19.4. The number of nitrogens with zero attached hydrogens (tertiary/aromatic N) is 2. The summed E-state index contributed by atoms with van der Waals surface area (Å²) >= 11 is 0. The van der Waals surface area contributed by atoms with E-state index in [0.29, 0.717) is 19.8 Å². The molecule has 0 radical (unpaired) electrons. The molecule has 1 heterocycles. The molecule has 0 spiro atoms. The Morgan fingerprint density at radius 3 is 2.95 bits per heavy atom. The van der Waals surface area contributed by atoms with Crippen molar-refractivity contribution in [1.29, 1.82) is 5.26 Å². The molecule has 1 aliphatic heterocycles. The average molecular weight is 304 g/mol. The van der Waals surface area contributed by atoms with Crippen LogP contribution in [0.1, 0.15) is 30.4 Å². The normalized spacial score (nSPS) is 29.4. The van der Waals surface area contributed by atoms with Gasteiger partial charge >= 0.3 is 0 Å². The van der Waals surface area contributed by atoms with Gasteiger partial charge in [-0.25, -0.2) is 4.39 Å². The van der Waals surface area contributed by atoms with Crippen LogP contribution in [0.3, 0.4) is 0 Å². The highest BCUT2D eigenvalue weighted by molar-refractivity contribution is 5.33. The van der Waals surface area contributed by atoms with Crippen LogP contribution in [-0.4, -0.2) is 41.9 Å². The molecule has 2 fully saturated rings. The van der Waals surface area contributed by atoms with Gasteiger partial charge in [-0.3, -0.25) is 4.90 Å². The van der Waals surface area contributed by atoms with Gasteiger partial charge in [-0.05, 0) is 30.5 Å². The molecule has 3 atom stereocenters. The van der Waals surface area contributed by atoms with E-state index in [9.17, 15) is 9.50 Å². The number of nitriles is 1. The van der Waals surface area contributed by atoms with Crippen molar-refractivity contribution in [3.05, 3.63) is 35.1 Å². The van der Waals surface area contributed by atoms with Crippen LogP contribution in [0.2, 0.25) is 0 Å². The smallest absolute Gasteiger partial charge is 0.141 e. The van der Waals surface area contributed by atoms with Crippen molar-refractivity contribution < 1.29 is 14.2 Å². The molecule has 0 amide bonds. The van der Waals surface area contributed by atoms with E-state index < -0.39 is 5.82 Å². The van der Waals surface area contributed by atoms with Crippen molar-refractivity contribution in [2.75, 3.05) is 19.8 Å². The van der Waals surface area contributed by atoms with E-state index in [1.165, 1.54) is 12.1 Å². The molecule has 4 nitrogen and oxygen atoms in total. The highest BCUT2D eigenvalue weighted by Gasteiger charge is 2.37. The topological polar surface area (TPSA) is 56.5 Å². The van der Waals surface area contributed by atoms with E-state index in [1.807, 2.05) is 6.07 Å². The molecular weight excluding hydrogens is 283 g/mol. The molecule has 1 N–H and O–H groups in total. The van der Waals surface area contributed by atoms with E-state index in [4.69, 9.17) is 10.00 Å². The highest BCUT2D eigenvalue weighted by Crippen LogP contribution is 2.32. The van der Waals surface area contributed by atoms with Crippen LogP contribution >= 0.6 is 0 Å². The Kier molecular flexibility index (Phi) is 4.72. The first kappa shape index (κ1) is 15.4. The summed E-state index contributed by atoms with van der Waals surface area (Å²) in [5.74, 6) is -0.228. The van der Waals surface area contributed by atoms with E-state index in [-0.39, 0.29) is 23.6 Å². The van der Waals surface area contributed by atoms with Crippen molar-refractivity contribution in [3.8, 4) is 6.07 Å². The van der Waals surface area contributed by atoms with Gasteiger partial charge in [0.15, 0.2) is 0 Å². The molecule has 1 aromatic rings. The Bertz CT molecular complexity index is 572. The van der Waals surface area contributed by atoms with Gasteiger partial charge in [-0.15, -0.1) is 0 Å². The molecule has 5 heteroatoms. The number of halogens is 1. The lowest BCUT2D eigenvalue weighted by Gasteiger charge is -2.40. The predicted octanol–water partition coefficient (Wildman–Crippen LogP) is 2.06. The Morgan fingerprint density at radius 1 is 1.41 bits per heavy atom. The summed E-state index contributed by atoms with van der Waals surface area (Å²) in [6.45, 7) is 2.70. The molecule has 1 saturated heterocycles. The summed E-state index contributed by atoms with van der Waals surface area (Å²) in [7, 11) is 0. The largest absolute Gasteiger partial charge is 0.393 e. The van der Waals surface area contributed by atoms with Gasteiger partial charge in [-0.1, -0.05) is 12.5 Å². The van der Waals surface area contributed by atoms with E-state index >= 15 is 0 Å². The number of hydrogen-bond donors (Lipinski definition) is 1. The van der Waals surface area contributed by atoms with Gasteiger partial charge in [0.05, 0.1) is 24.9 Å². The van der Waals surface area contributed by atoms with E-state index in [2.05, 4.69) is 4.90 Å². The maximum Gasteiger partial charge on any atom is 0.141 e. The first-order chi connectivity index (χ1) is 10.7. The number of ether oxygens (including phenoxy) is 1. The minimum Gasteiger partial charge on any atom is -0.393 e. The molecule has 1 aliphatic carbocycles. The molecule has 1 saturated carbocycles. The predicted molar refractivity (Wildman–Crippen MR) is 79.5 cm³/mol. The molecule has 0 bridgehead atoms. The average Bonchev–Trinajstić information content (AvgIpc) is 2.94. The van der Waals surface area contributed by atoms with Crippen LogP contribution in [0.15, 0.2) is 18.2 Å². The quantitative estimate of drug-likeness (QED) is 0.928. The third kappa shape index (κ3) is 3.14. The fourth-order valence-corrected chi connectivity index (χ4v) is 3.65. The summed E-state index contributed by atoms with van der Waals surface area (Å²) in [4.78, 5) is 2.28. The second kappa shape index (κ2) is 6.74. The third-order valence-corrected chi connectivity index (χ3v) is 4.85. The second-order valence-corrected chi connectivity index (χ2v) is 6.20. The number of morpholine rings is 1. The zero-order chi connectivity index (χ0) is 15.5. The fraction of sp³-hybridized carbons (Fsp3) is 0.588. The van der Waals surface area contributed by atoms with Crippen molar-refractivity contribution in [2.45, 2.75) is 38.0 Å². The van der Waals surface area contributed by atoms with Crippen LogP contribution in [0.4, 0.5) is 4.39 Å². The second-order valence-electron chi connectivity index (χ2n) is 6.20. The highest BCUT2D eigenvalue weighted by atomic mass is 19.1. The molecule has 3 rings (SSSR count). The number of aliphatic hydroxyl groups is 1. The molecule has 0 aromatic heterocycles. The number of aliphatic hydroxyl groups excluding tert-OH is 1. The lowest BCUT2D eigenvalue weighted by Crippen LogP contribution is -2.50. The lowest BCUT2D eigenvalue weighted by molar-refractivity contribution is -0.0536. The minimum absolute atomic E-state index is 0.0773. The number of rotatable bonds is 3. The maximum absolute atomic E-state index is 13.8. The van der Waals surface area contributed by atoms with Crippen LogP contribution in [0, 0.1) is 23.1 Å². The summed E-state index contributed by atoms with van der Waals surface area (Å²) in [6.07, 6.45) is 2.68. The van der Waals surface area contributed by atoms with Crippen molar-refractivity contribution >= 4 is 0 Å². The molecular formula is C17H21FN2O2. The van der Waals surface area contributed by atoms with Gasteiger partial charge in [0, 0.05) is 25.0 Å². The fourth-order valence-electron chi connectivity index (χ4n) is 3.65. The first-order valence-corrected chi connectivity index (χ1v) is 7.87. The van der Waals surface area contributed by atoms with E-state index in [1.54, 1.807) is 6.07 Å². The van der Waals surface area contributed by atoms with Gasteiger partial charge in [-0.2, -0.15) is 5.26 Å². The zero-order valence-electron chi connectivity index (χ0n) is 12.5. The molecule has 118 valence electrons. The first-order valence-electron chi connectivity index (χ1n) is 7.87. The van der Waals surface area contributed by atoms with E-state index in [0.717, 1.165) is 31.4 Å². The van der Waals surface area contributed by atoms with Crippen molar-refractivity contribution in [1.82, 2.24) is 4.90 Å². The Balaban J connectivity index is 1.74. The third-order valence-electron chi connectivity index (χ3n) is 4.85. The molecule has 22 heavy (non-hydrogen) atoms. The molecule has 0 unspecified atom stereocenters. The molecule has 2 aliphatic rings. The zero-order valence-corrected chi connectivity index (χ0v) is 12.5. The van der Waals surface area contributed by atoms with Gasteiger partial charge in [0.2, 0.25) is 0 Å².